The number of nitrogens with zero attached hydrogens (tertiary/aromatic N) is 2. The minimum Gasteiger partial charge on any atom is -0.348 e. The zero-order valence-corrected chi connectivity index (χ0v) is 10.6. The molecule has 1 N–H and O–H groups in total. The Morgan fingerprint density at radius 1 is 1.35 bits per heavy atom. The number of rotatable bonds is 2. The standard InChI is InChI=1S/C12H10BrN3O/c13-9-6-14-5-7-1-4-10(16-11(7)9)12(17)15-8-2-3-8/h1,4-6,8H,2-3H2,(H,15,17). The van der Waals surface area contributed by atoms with Crippen molar-refractivity contribution in [3.8, 4) is 0 Å². The molecule has 1 aliphatic rings. The van der Waals surface area contributed by atoms with Crippen LogP contribution in [-0.4, -0.2) is 21.9 Å². The van der Waals surface area contributed by atoms with Crippen molar-refractivity contribution in [1.29, 1.82) is 0 Å². The second-order valence-corrected chi connectivity index (χ2v) is 4.99. The van der Waals surface area contributed by atoms with Crippen LogP contribution in [0.25, 0.3) is 10.9 Å². The predicted molar refractivity (Wildman–Crippen MR) is 67.7 cm³/mol. The van der Waals surface area contributed by atoms with Gasteiger partial charge < -0.3 is 5.32 Å². The molecule has 0 saturated heterocycles. The molecule has 2 aromatic heterocycles. The summed E-state index contributed by atoms with van der Waals surface area (Å²) < 4.78 is 0.802. The number of amides is 1. The van der Waals surface area contributed by atoms with Gasteiger partial charge in [0.1, 0.15) is 5.69 Å². The van der Waals surface area contributed by atoms with E-state index < -0.39 is 0 Å². The predicted octanol–water partition coefficient (Wildman–Crippen LogP) is 2.28. The smallest absolute Gasteiger partial charge is 0.270 e. The number of nitrogens with one attached hydrogen (secondary N) is 1. The van der Waals surface area contributed by atoms with Crippen molar-refractivity contribution in [3.05, 3.63) is 34.7 Å². The summed E-state index contributed by atoms with van der Waals surface area (Å²) in [5.74, 6) is -0.0990. The van der Waals surface area contributed by atoms with Crippen LogP contribution in [0.4, 0.5) is 0 Å². The molecular formula is C12H10BrN3O. The molecule has 1 amide bonds. The largest absolute Gasteiger partial charge is 0.348 e. The number of carbonyl (C=O) groups excluding carboxylic acids is 1. The Balaban J connectivity index is 1.99. The number of carbonyl (C=O) groups is 1. The first-order chi connectivity index (χ1) is 8.24. The van der Waals surface area contributed by atoms with Gasteiger partial charge in [0.25, 0.3) is 5.91 Å². The zero-order chi connectivity index (χ0) is 11.8. The molecule has 1 aliphatic carbocycles. The van der Waals surface area contributed by atoms with Crippen molar-refractivity contribution in [2.24, 2.45) is 0 Å². The lowest BCUT2D eigenvalue weighted by Gasteiger charge is -2.04. The molecule has 3 rings (SSSR count). The first-order valence-corrected chi connectivity index (χ1v) is 6.24. The maximum absolute atomic E-state index is 11.8. The number of hydrogen-bond donors (Lipinski definition) is 1. The average Bonchev–Trinajstić information content (AvgIpc) is 3.13. The molecule has 0 unspecified atom stereocenters. The van der Waals surface area contributed by atoms with Crippen LogP contribution >= 0.6 is 15.9 Å². The highest BCUT2D eigenvalue weighted by Crippen LogP contribution is 2.22. The fourth-order valence-corrected chi connectivity index (χ4v) is 2.06. The quantitative estimate of drug-likeness (QED) is 0.924. The summed E-state index contributed by atoms with van der Waals surface area (Å²) >= 11 is 3.39. The van der Waals surface area contributed by atoms with Gasteiger partial charge in [-0.1, -0.05) is 0 Å². The molecule has 4 nitrogen and oxygen atoms in total. The van der Waals surface area contributed by atoms with Gasteiger partial charge >= 0.3 is 0 Å². The Hall–Kier alpha value is -1.49. The van der Waals surface area contributed by atoms with E-state index in [0.29, 0.717) is 11.7 Å². The fraction of sp³-hybridized carbons (Fsp3) is 0.250. The molecule has 0 atom stereocenters. The maximum Gasteiger partial charge on any atom is 0.270 e. The molecule has 5 heteroatoms. The third kappa shape index (κ3) is 2.15. The van der Waals surface area contributed by atoms with Crippen LogP contribution < -0.4 is 5.32 Å². The van der Waals surface area contributed by atoms with Crippen LogP contribution in [-0.2, 0) is 0 Å². The highest BCUT2D eigenvalue weighted by molar-refractivity contribution is 9.10. The van der Waals surface area contributed by atoms with Gasteiger partial charge in [-0.25, -0.2) is 4.98 Å². The summed E-state index contributed by atoms with van der Waals surface area (Å²) in [7, 11) is 0. The van der Waals surface area contributed by atoms with Gasteiger partial charge in [-0.05, 0) is 40.9 Å². The van der Waals surface area contributed by atoms with Crippen molar-refractivity contribution in [3.63, 3.8) is 0 Å². The van der Waals surface area contributed by atoms with Gasteiger partial charge in [-0.15, -0.1) is 0 Å². The lowest BCUT2D eigenvalue weighted by atomic mass is 10.2. The van der Waals surface area contributed by atoms with Gasteiger partial charge in [-0.2, -0.15) is 0 Å². The number of hydrogen-bond acceptors (Lipinski definition) is 3. The number of aromatic nitrogens is 2. The van der Waals surface area contributed by atoms with Crippen molar-refractivity contribution < 1.29 is 4.79 Å². The Bertz CT molecular complexity index is 595. The van der Waals surface area contributed by atoms with Gasteiger partial charge in [0.05, 0.1) is 9.99 Å². The summed E-state index contributed by atoms with van der Waals surface area (Å²) in [5, 5.41) is 3.84. The second-order valence-electron chi connectivity index (χ2n) is 4.14. The molecule has 0 radical (unpaired) electrons. The van der Waals surface area contributed by atoms with E-state index >= 15 is 0 Å². The number of pyridine rings is 2. The summed E-state index contributed by atoms with van der Waals surface area (Å²) in [6.07, 6.45) is 5.56. The van der Waals surface area contributed by atoms with E-state index in [1.165, 1.54) is 0 Å². The Labute approximate surface area is 107 Å². The van der Waals surface area contributed by atoms with Crippen molar-refractivity contribution in [1.82, 2.24) is 15.3 Å². The van der Waals surface area contributed by atoms with Crippen molar-refractivity contribution >= 4 is 32.7 Å². The van der Waals surface area contributed by atoms with E-state index in [-0.39, 0.29) is 5.91 Å². The number of fused-ring (bicyclic) bond motifs is 1. The molecule has 2 aromatic rings. The number of halogens is 1. The van der Waals surface area contributed by atoms with Crippen LogP contribution in [0.1, 0.15) is 23.3 Å². The second kappa shape index (κ2) is 4.07. The molecule has 0 bridgehead atoms. The average molecular weight is 292 g/mol. The van der Waals surface area contributed by atoms with Crippen LogP contribution in [0.5, 0.6) is 0 Å². The van der Waals surface area contributed by atoms with E-state index in [1.54, 1.807) is 18.5 Å². The van der Waals surface area contributed by atoms with E-state index in [4.69, 9.17) is 0 Å². The zero-order valence-electron chi connectivity index (χ0n) is 8.98. The fourth-order valence-electron chi connectivity index (χ4n) is 1.62. The van der Waals surface area contributed by atoms with Crippen molar-refractivity contribution in [2.75, 3.05) is 0 Å². The summed E-state index contributed by atoms with van der Waals surface area (Å²) in [6, 6.07) is 3.94. The normalized spacial score (nSPS) is 14.9. The molecule has 0 aliphatic heterocycles. The van der Waals surface area contributed by atoms with Gasteiger partial charge in [0.15, 0.2) is 0 Å². The Morgan fingerprint density at radius 2 is 2.18 bits per heavy atom. The summed E-state index contributed by atoms with van der Waals surface area (Å²) in [6.45, 7) is 0. The highest BCUT2D eigenvalue weighted by Gasteiger charge is 2.24. The van der Waals surface area contributed by atoms with E-state index in [0.717, 1.165) is 28.2 Å². The summed E-state index contributed by atoms with van der Waals surface area (Å²) in [4.78, 5) is 20.3. The Kier molecular flexibility index (Phi) is 2.55. The van der Waals surface area contributed by atoms with E-state index in [9.17, 15) is 4.79 Å². The molecule has 17 heavy (non-hydrogen) atoms. The minimum atomic E-state index is -0.0990. The van der Waals surface area contributed by atoms with Gasteiger partial charge in [0, 0.05) is 23.8 Å². The first kappa shape index (κ1) is 10.7. The lowest BCUT2D eigenvalue weighted by Crippen LogP contribution is -2.26. The molecule has 0 spiro atoms. The molecular weight excluding hydrogens is 282 g/mol. The molecule has 1 fully saturated rings. The topological polar surface area (TPSA) is 54.9 Å². The van der Waals surface area contributed by atoms with Crippen LogP contribution in [0, 0.1) is 0 Å². The van der Waals surface area contributed by atoms with Gasteiger partial charge in [-0.3, -0.25) is 9.78 Å². The third-order valence-electron chi connectivity index (χ3n) is 2.70. The van der Waals surface area contributed by atoms with E-state index in [2.05, 4.69) is 31.2 Å². The monoisotopic (exact) mass is 291 g/mol. The molecule has 0 aromatic carbocycles. The maximum atomic E-state index is 11.8. The van der Waals surface area contributed by atoms with Crippen LogP contribution in [0.2, 0.25) is 0 Å². The molecule has 2 heterocycles. The third-order valence-corrected chi connectivity index (χ3v) is 3.28. The molecule has 1 saturated carbocycles. The first-order valence-electron chi connectivity index (χ1n) is 5.45. The summed E-state index contributed by atoms with van der Waals surface area (Å²) in [5.41, 5.74) is 1.22. The van der Waals surface area contributed by atoms with Crippen molar-refractivity contribution in [2.45, 2.75) is 18.9 Å². The van der Waals surface area contributed by atoms with Gasteiger partial charge in [0.2, 0.25) is 0 Å². The molecule has 86 valence electrons. The van der Waals surface area contributed by atoms with E-state index in [1.807, 2.05) is 6.07 Å². The lowest BCUT2D eigenvalue weighted by molar-refractivity contribution is 0.0946. The highest BCUT2D eigenvalue weighted by atomic mass is 79.9. The minimum absolute atomic E-state index is 0.0990. The SMILES string of the molecule is O=C(NC1CC1)c1ccc2cncc(Br)c2n1. The van der Waals surface area contributed by atoms with Crippen LogP contribution in [0.3, 0.4) is 0 Å². The van der Waals surface area contributed by atoms with Crippen LogP contribution in [0.15, 0.2) is 29.0 Å². The Morgan fingerprint density at radius 3 is 2.94 bits per heavy atom.